The number of hydrogen-bond acceptors (Lipinski definition) is 2. The van der Waals surface area contributed by atoms with Crippen LogP contribution in [0.5, 0.6) is 5.75 Å². The van der Waals surface area contributed by atoms with E-state index in [0.717, 1.165) is 38.2 Å². The summed E-state index contributed by atoms with van der Waals surface area (Å²) in [6.45, 7) is 0. The number of aromatic hydroxyl groups is 1. The molecule has 94 valence electrons. The summed E-state index contributed by atoms with van der Waals surface area (Å²) < 4.78 is 0. The van der Waals surface area contributed by atoms with Gasteiger partial charge in [-0.1, -0.05) is 36.4 Å². The van der Waals surface area contributed by atoms with E-state index in [1.165, 1.54) is 5.39 Å². The standard InChI is InChI=1S/C17H10N2O/c20-13-8-7-12-16-15(13)11-6-5-9-3-1-2-4-10(9)14(11)17(18-12)19-16/h1-8,20H,(H,18,19). The molecule has 3 heteroatoms. The Morgan fingerprint density at radius 3 is 2.70 bits per heavy atom. The van der Waals surface area contributed by atoms with Gasteiger partial charge < -0.3 is 10.1 Å². The van der Waals surface area contributed by atoms with Gasteiger partial charge in [0.2, 0.25) is 0 Å². The molecule has 0 unspecified atom stereocenters. The van der Waals surface area contributed by atoms with E-state index >= 15 is 0 Å². The Labute approximate surface area is 113 Å². The van der Waals surface area contributed by atoms with E-state index in [1.54, 1.807) is 6.07 Å². The number of rotatable bonds is 0. The third kappa shape index (κ3) is 1.04. The van der Waals surface area contributed by atoms with Crippen molar-refractivity contribution in [2.75, 3.05) is 0 Å². The second-order valence-corrected chi connectivity index (χ2v) is 5.15. The maximum Gasteiger partial charge on any atom is 0.139 e. The fraction of sp³-hybridized carbons (Fsp3) is 0. The lowest BCUT2D eigenvalue weighted by atomic mass is 10.00. The molecule has 2 heterocycles. The summed E-state index contributed by atoms with van der Waals surface area (Å²) in [6.07, 6.45) is 0. The number of nitrogens with zero attached hydrogens (tertiary/aromatic N) is 1. The third-order valence-electron chi connectivity index (χ3n) is 4.07. The number of hydrogen-bond donors (Lipinski definition) is 2. The number of pyridine rings is 1. The Hall–Kier alpha value is -2.81. The Morgan fingerprint density at radius 2 is 1.75 bits per heavy atom. The predicted octanol–water partition coefficient (Wildman–Crippen LogP) is 4.17. The average Bonchev–Trinajstić information content (AvgIpc) is 2.87. The van der Waals surface area contributed by atoms with E-state index in [0.29, 0.717) is 0 Å². The first-order valence-electron chi connectivity index (χ1n) is 6.57. The number of imidazole rings is 1. The summed E-state index contributed by atoms with van der Waals surface area (Å²) in [6, 6.07) is 16.0. The number of fused-ring (bicyclic) bond motifs is 6. The molecule has 0 atom stereocenters. The van der Waals surface area contributed by atoms with E-state index in [9.17, 15) is 5.11 Å². The first-order valence-corrected chi connectivity index (χ1v) is 6.57. The van der Waals surface area contributed by atoms with Gasteiger partial charge in [0.05, 0.1) is 10.9 Å². The molecule has 0 spiro atoms. The van der Waals surface area contributed by atoms with E-state index in [1.807, 2.05) is 18.2 Å². The van der Waals surface area contributed by atoms with Gasteiger partial charge in [-0.15, -0.1) is 0 Å². The average molecular weight is 258 g/mol. The normalized spacial score (nSPS) is 12.2. The largest absolute Gasteiger partial charge is 0.507 e. The van der Waals surface area contributed by atoms with Crippen LogP contribution in [-0.2, 0) is 0 Å². The molecule has 0 aliphatic rings. The van der Waals surface area contributed by atoms with Gasteiger partial charge in [0.15, 0.2) is 0 Å². The second kappa shape index (κ2) is 3.20. The van der Waals surface area contributed by atoms with Crippen LogP contribution in [0, 0.1) is 0 Å². The lowest BCUT2D eigenvalue weighted by Gasteiger charge is -2.06. The first-order chi connectivity index (χ1) is 9.83. The van der Waals surface area contributed by atoms with Crippen molar-refractivity contribution in [2.45, 2.75) is 0 Å². The summed E-state index contributed by atoms with van der Waals surface area (Å²) in [7, 11) is 0. The fourth-order valence-corrected chi connectivity index (χ4v) is 3.18. The van der Waals surface area contributed by atoms with Gasteiger partial charge in [-0.25, -0.2) is 4.98 Å². The molecule has 0 fully saturated rings. The number of phenolic OH excluding ortho intramolecular Hbond substituents is 1. The lowest BCUT2D eigenvalue weighted by molar-refractivity contribution is 0.482. The highest BCUT2D eigenvalue weighted by molar-refractivity contribution is 6.25. The molecule has 0 amide bonds. The van der Waals surface area contributed by atoms with Crippen LogP contribution in [0.4, 0.5) is 0 Å². The summed E-state index contributed by atoms with van der Waals surface area (Å²) in [4.78, 5) is 7.99. The predicted molar refractivity (Wildman–Crippen MR) is 81.5 cm³/mol. The Morgan fingerprint density at radius 1 is 0.850 bits per heavy atom. The summed E-state index contributed by atoms with van der Waals surface area (Å²) in [5.41, 5.74) is 2.70. The van der Waals surface area contributed by atoms with Gasteiger partial charge in [-0.2, -0.15) is 0 Å². The quantitative estimate of drug-likeness (QED) is 0.410. The zero-order valence-electron chi connectivity index (χ0n) is 10.5. The fourth-order valence-electron chi connectivity index (χ4n) is 3.18. The van der Waals surface area contributed by atoms with E-state index in [2.05, 4.69) is 34.2 Å². The van der Waals surface area contributed by atoms with Gasteiger partial charge in [0, 0.05) is 5.39 Å². The molecule has 2 bridgehead atoms. The van der Waals surface area contributed by atoms with Gasteiger partial charge in [0.25, 0.3) is 0 Å². The van der Waals surface area contributed by atoms with E-state index in [-0.39, 0.29) is 5.75 Å². The SMILES string of the molecule is Oc1ccc2[nH]c3nc2c1c1ccc2ccccc2c31. The van der Waals surface area contributed by atoms with Crippen LogP contribution in [0.15, 0.2) is 48.5 Å². The summed E-state index contributed by atoms with van der Waals surface area (Å²) in [5, 5.41) is 15.5. The molecule has 3 aromatic carbocycles. The molecule has 0 aliphatic carbocycles. The monoisotopic (exact) mass is 258 g/mol. The van der Waals surface area contributed by atoms with Crippen LogP contribution in [-0.4, -0.2) is 15.1 Å². The van der Waals surface area contributed by atoms with Crippen molar-refractivity contribution in [1.29, 1.82) is 0 Å². The molecule has 0 aliphatic heterocycles. The molecular weight excluding hydrogens is 248 g/mol. The van der Waals surface area contributed by atoms with Crippen molar-refractivity contribution in [3.8, 4) is 5.75 Å². The number of phenols is 1. The van der Waals surface area contributed by atoms with Crippen LogP contribution in [0.3, 0.4) is 0 Å². The van der Waals surface area contributed by atoms with E-state index in [4.69, 9.17) is 0 Å². The molecule has 2 N–H and O–H groups in total. The molecule has 0 saturated heterocycles. The zero-order chi connectivity index (χ0) is 13.3. The topological polar surface area (TPSA) is 48.9 Å². The molecular formula is C17H10N2O. The maximum atomic E-state index is 10.2. The highest BCUT2D eigenvalue weighted by Gasteiger charge is 2.16. The molecule has 0 saturated carbocycles. The summed E-state index contributed by atoms with van der Waals surface area (Å²) >= 11 is 0. The molecule has 5 aromatic rings. The minimum absolute atomic E-state index is 0.284. The van der Waals surface area contributed by atoms with Crippen molar-refractivity contribution in [1.82, 2.24) is 9.97 Å². The summed E-state index contributed by atoms with van der Waals surface area (Å²) in [5.74, 6) is 0.284. The van der Waals surface area contributed by atoms with Crippen LogP contribution in [0.2, 0.25) is 0 Å². The Kier molecular flexibility index (Phi) is 1.60. The smallest absolute Gasteiger partial charge is 0.139 e. The number of H-pyrrole nitrogens is 1. The minimum atomic E-state index is 0.284. The van der Waals surface area contributed by atoms with Crippen molar-refractivity contribution in [3.63, 3.8) is 0 Å². The highest BCUT2D eigenvalue weighted by atomic mass is 16.3. The van der Waals surface area contributed by atoms with Crippen molar-refractivity contribution >= 4 is 43.6 Å². The van der Waals surface area contributed by atoms with Crippen LogP contribution in [0.25, 0.3) is 43.6 Å². The van der Waals surface area contributed by atoms with E-state index < -0.39 is 0 Å². The van der Waals surface area contributed by atoms with Gasteiger partial charge in [-0.3, -0.25) is 0 Å². The third-order valence-corrected chi connectivity index (χ3v) is 4.07. The van der Waals surface area contributed by atoms with Gasteiger partial charge >= 0.3 is 0 Å². The van der Waals surface area contributed by atoms with Crippen LogP contribution < -0.4 is 0 Å². The Balaban J connectivity index is 2.25. The van der Waals surface area contributed by atoms with Crippen LogP contribution in [0.1, 0.15) is 0 Å². The van der Waals surface area contributed by atoms with Gasteiger partial charge in [-0.05, 0) is 28.3 Å². The first kappa shape index (κ1) is 10.0. The molecule has 0 radical (unpaired) electrons. The molecule has 5 rings (SSSR count). The van der Waals surface area contributed by atoms with Crippen molar-refractivity contribution in [2.24, 2.45) is 0 Å². The van der Waals surface area contributed by atoms with Crippen LogP contribution >= 0.6 is 0 Å². The number of nitrogens with one attached hydrogen (secondary N) is 1. The zero-order valence-corrected chi connectivity index (χ0v) is 10.5. The minimum Gasteiger partial charge on any atom is -0.507 e. The number of aromatic nitrogens is 2. The second-order valence-electron chi connectivity index (χ2n) is 5.15. The number of aromatic amines is 1. The highest BCUT2D eigenvalue weighted by Crippen LogP contribution is 2.39. The maximum absolute atomic E-state index is 10.2. The molecule has 20 heavy (non-hydrogen) atoms. The van der Waals surface area contributed by atoms with Crippen molar-refractivity contribution < 1.29 is 5.11 Å². The van der Waals surface area contributed by atoms with Gasteiger partial charge in [0.1, 0.15) is 16.9 Å². The number of benzene rings is 3. The lowest BCUT2D eigenvalue weighted by Crippen LogP contribution is -1.83. The Bertz CT molecular complexity index is 1110. The molecule has 3 nitrogen and oxygen atoms in total. The van der Waals surface area contributed by atoms with Crippen molar-refractivity contribution in [3.05, 3.63) is 48.5 Å². The molecule has 2 aromatic heterocycles.